The Morgan fingerprint density at radius 2 is 1.80 bits per heavy atom. The summed E-state index contributed by atoms with van der Waals surface area (Å²) in [7, 11) is 2.07. The number of nitrogens with zero attached hydrogens (tertiary/aromatic N) is 2. The van der Waals surface area contributed by atoms with Crippen molar-refractivity contribution in [3.05, 3.63) is 59.9 Å². The van der Waals surface area contributed by atoms with E-state index in [1.807, 2.05) is 19.1 Å². The van der Waals surface area contributed by atoms with Gasteiger partial charge in [0, 0.05) is 23.2 Å². The third-order valence-electron chi connectivity index (χ3n) is 4.77. The molecule has 0 unspecified atom stereocenters. The Morgan fingerprint density at radius 3 is 2.64 bits per heavy atom. The van der Waals surface area contributed by atoms with Crippen LogP contribution in [0.3, 0.4) is 0 Å². The van der Waals surface area contributed by atoms with Crippen LogP contribution >= 0.6 is 11.3 Å². The molecular formula is C21H17N2OS+. The molecule has 0 aliphatic heterocycles. The van der Waals surface area contributed by atoms with Crippen LogP contribution in [0.2, 0.25) is 0 Å². The summed E-state index contributed by atoms with van der Waals surface area (Å²) >= 11 is 1.71. The minimum absolute atomic E-state index is 0.952. The Kier molecular flexibility index (Phi) is 3.00. The maximum absolute atomic E-state index is 6.42. The summed E-state index contributed by atoms with van der Waals surface area (Å²) in [5, 5.41) is 2.27. The van der Waals surface area contributed by atoms with E-state index in [2.05, 4.69) is 60.1 Å². The van der Waals surface area contributed by atoms with E-state index in [1.54, 1.807) is 11.3 Å². The topological polar surface area (TPSA) is 29.9 Å². The number of rotatable bonds is 1. The van der Waals surface area contributed by atoms with Gasteiger partial charge in [0.15, 0.2) is 11.8 Å². The third kappa shape index (κ3) is 2.04. The smallest absolute Gasteiger partial charge is 0.216 e. The maximum Gasteiger partial charge on any atom is 0.216 e. The van der Waals surface area contributed by atoms with E-state index in [0.29, 0.717) is 0 Å². The fourth-order valence-electron chi connectivity index (χ4n) is 3.50. The SMILES string of the molecule is Cc1ccc2c(n1)sc1c3ccc(C)c(-c4cccc[n+]4C)c3oc21. The maximum atomic E-state index is 6.42. The molecule has 0 N–H and O–H groups in total. The summed E-state index contributed by atoms with van der Waals surface area (Å²) in [5.41, 5.74) is 6.49. The first-order chi connectivity index (χ1) is 12.1. The number of hydrogen-bond acceptors (Lipinski definition) is 3. The molecule has 0 amide bonds. The Morgan fingerprint density at radius 1 is 0.960 bits per heavy atom. The second-order valence-electron chi connectivity index (χ2n) is 6.50. The number of aromatic nitrogens is 2. The number of fused-ring (bicyclic) bond motifs is 5. The molecule has 5 rings (SSSR count). The van der Waals surface area contributed by atoms with Gasteiger partial charge in [0.1, 0.15) is 17.5 Å². The first kappa shape index (κ1) is 14.6. The van der Waals surface area contributed by atoms with Gasteiger partial charge in [-0.05, 0) is 43.7 Å². The van der Waals surface area contributed by atoms with Crippen molar-refractivity contribution in [3.8, 4) is 11.3 Å². The van der Waals surface area contributed by atoms with Gasteiger partial charge in [0.05, 0.1) is 15.6 Å². The summed E-state index contributed by atoms with van der Waals surface area (Å²) in [4.78, 5) is 5.70. The Bertz CT molecular complexity index is 1280. The molecule has 1 aromatic carbocycles. The molecule has 4 heteroatoms. The van der Waals surface area contributed by atoms with Crippen LogP contribution in [0.1, 0.15) is 11.3 Å². The Balaban J connectivity index is 1.93. The van der Waals surface area contributed by atoms with Crippen molar-refractivity contribution in [2.45, 2.75) is 13.8 Å². The molecule has 0 aliphatic carbocycles. The van der Waals surface area contributed by atoms with Gasteiger partial charge in [0.25, 0.3) is 0 Å². The number of aryl methyl sites for hydroxylation is 3. The lowest BCUT2D eigenvalue weighted by atomic mass is 10.0. The van der Waals surface area contributed by atoms with E-state index in [-0.39, 0.29) is 0 Å². The van der Waals surface area contributed by atoms with Crippen molar-refractivity contribution in [1.29, 1.82) is 0 Å². The normalized spacial score (nSPS) is 11.8. The van der Waals surface area contributed by atoms with E-state index >= 15 is 0 Å². The van der Waals surface area contributed by atoms with Crippen molar-refractivity contribution >= 4 is 42.8 Å². The summed E-state index contributed by atoms with van der Waals surface area (Å²) in [6.07, 6.45) is 2.07. The van der Waals surface area contributed by atoms with Gasteiger partial charge in [-0.25, -0.2) is 9.55 Å². The second-order valence-corrected chi connectivity index (χ2v) is 7.50. The summed E-state index contributed by atoms with van der Waals surface area (Å²) < 4.78 is 9.75. The lowest BCUT2D eigenvalue weighted by molar-refractivity contribution is -0.660. The van der Waals surface area contributed by atoms with Gasteiger partial charge in [-0.15, -0.1) is 11.3 Å². The molecule has 0 aliphatic rings. The van der Waals surface area contributed by atoms with Crippen molar-refractivity contribution in [2.24, 2.45) is 7.05 Å². The van der Waals surface area contributed by atoms with Crippen LogP contribution in [0.5, 0.6) is 0 Å². The highest BCUT2D eigenvalue weighted by Crippen LogP contribution is 2.43. The largest absolute Gasteiger partial charge is 0.454 e. The van der Waals surface area contributed by atoms with Gasteiger partial charge in [-0.2, -0.15) is 0 Å². The van der Waals surface area contributed by atoms with Gasteiger partial charge >= 0.3 is 0 Å². The van der Waals surface area contributed by atoms with Crippen LogP contribution in [0.4, 0.5) is 0 Å². The average Bonchev–Trinajstić information content (AvgIpc) is 3.11. The number of benzene rings is 1. The fourth-order valence-corrected chi connectivity index (χ4v) is 4.67. The zero-order chi connectivity index (χ0) is 17.1. The van der Waals surface area contributed by atoms with E-state index < -0.39 is 0 Å². The molecule has 0 atom stereocenters. The number of hydrogen-bond donors (Lipinski definition) is 0. The Labute approximate surface area is 149 Å². The average molecular weight is 345 g/mol. The van der Waals surface area contributed by atoms with Crippen LogP contribution in [-0.2, 0) is 7.05 Å². The molecule has 0 bridgehead atoms. The zero-order valence-corrected chi connectivity index (χ0v) is 15.1. The van der Waals surface area contributed by atoms with E-state index in [9.17, 15) is 0 Å². The predicted molar refractivity (Wildman–Crippen MR) is 103 cm³/mol. The highest BCUT2D eigenvalue weighted by molar-refractivity contribution is 7.26. The summed E-state index contributed by atoms with van der Waals surface area (Å²) in [6.45, 7) is 4.16. The highest BCUT2D eigenvalue weighted by Gasteiger charge is 2.22. The van der Waals surface area contributed by atoms with Gasteiger partial charge in [0.2, 0.25) is 5.69 Å². The molecule has 0 saturated heterocycles. The van der Waals surface area contributed by atoms with E-state index in [0.717, 1.165) is 38.3 Å². The minimum Gasteiger partial charge on any atom is -0.454 e. The molecule has 122 valence electrons. The number of pyridine rings is 2. The van der Waals surface area contributed by atoms with Crippen LogP contribution in [0, 0.1) is 13.8 Å². The van der Waals surface area contributed by atoms with Crippen molar-refractivity contribution in [3.63, 3.8) is 0 Å². The van der Waals surface area contributed by atoms with Gasteiger partial charge in [-0.3, -0.25) is 0 Å². The summed E-state index contributed by atoms with van der Waals surface area (Å²) in [6, 6.07) is 14.8. The standard InChI is InChI=1S/C21H17N2OS/c1-12-7-9-14-18(17(12)16-6-4-5-11-23(16)3)24-19-15-10-8-13(2)22-21(15)25-20(14)19/h4-11H,1-3H3/q+1. The van der Waals surface area contributed by atoms with Crippen molar-refractivity contribution in [2.75, 3.05) is 0 Å². The van der Waals surface area contributed by atoms with E-state index in [4.69, 9.17) is 4.42 Å². The molecule has 0 fully saturated rings. The van der Waals surface area contributed by atoms with Crippen LogP contribution in [-0.4, -0.2) is 4.98 Å². The third-order valence-corrected chi connectivity index (χ3v) is 5.89. The van der Waals surface area contributed by atoms with Crippen LogP contribution < -0.4 is 4.57 Å². The Hall–Kier alpha value is -2.72. The number of furan rings is 1. The molecule has 4 aromatic heterocycles. The second kappa shape index (κ2) is 5.14. The lowest BCUT2D eigenvalue weighted by Crippen LogP contribution is -2.30. The zero-order valence-electron chi connectivity index (χ0n) is 14.3. The molecule has 0 saturated carbocycles. The van der Waals surface area contributed by atoms with Crippen LogP contribution in [0.15, 0.2) is 53.1 Å². The predicted octanol–water partition coefficient (Wildman–Crippen LogP) is 5.30. The number of thiophene rings is 1. The first-order valence-corrected chi connectivity index (χ1v) is 9.12. The lowest BCUT2D eigenvalue weighted by Gasteiger charge is -2.05. The minimum atomic E-state index is 0.952. The van der Waals surface area contributed by atoms with E-state index in [1.165, 1.54) is 15.6 Å². The summed E-state index contributed by atoms with van der Waals surface area (Å²) in [5.74, 6) is 0. The fraction of sp³-hybridized carbons (Fsp3) is 0.143. The quantitative estimate of drug-likeness (QED) is 0.386. The molecule has 0 radical (unpaired) electrons. The molecule has 5 aromatic rings. The van der Waals surface area contributed by atoms with Crippen molar-refractivity contribution < 1.29 is 8.98 Å². The van der Waals surface area contributed by atoms with Gasteiger partial charge < -0.3 is 4.42 Å². The van der Waals surface area contributed by atoms with Crippen LogP contribution in [0.25, 0.3) is 42.7 Å². The molecule has 4 heterocycles. The highest BCUT2D eigenvalue weighted by atomic mass is 32.1. The molecule has 25 heavy (non-hydrogen) atoms. The van der Waals surface area contributed by atoms with Crippen molar-refractivity contribution in [1.82, 2.24) is 4.98 Å². The first-order valence-electron chi connectivity index (χ1n) is 8.30. The molecule has 3 nitrogen and oxygen atoms in total. The molecule has 0 spiro atoms. The monoisotopic (exact) mass is 345 g/mol. The van der Waals surface area contributed by atoms with Gasteiger partial charge in [-0.1, -0.05) is 6.07 Å². The molecular weight excluding hydrogens is 328 g/mol.